The van der Waals surface area contributed by atoms with Crippen molar-refractivity contribution < 1.29 is 8.42 Å². The second kappa shape index (κ2) is 6.08. The fourth-order valence-electron chi connectivity index (χ4n) is 1.75. The van der Waals surface area contributed by atoms with Gasteiger partial charge in [-0.1, -0.05) is 45.8 Å². The fourth-order valence-corrected chi connectivity index (χ4v) is 3.10. The van der Waals surface area contributed by atoms with Gasteiger partial charge in [-0.2, -0.15) is 0 Å². The van der Waals surface area contributed by atoms with Crippen LogP contribution in [0.25, 0.3) is 0 Å². The van der Waals surface area contributed by atoms with Gasteiger partial charge in [0.25, 0.3) is 0 Å². The lowest BCUT2D eigenvalue weighted by Gasteiger charge is -2.08. The molecule has 0 heterocycles. The van der Waals surface area contributed by atoms with Crippen LogP contribution in [-0.4, -0.2) is 8.42 Å². The van der Waals surface area contributed by atoms with Crippen molar-refractivity contribution in [2.75, 3.05) is 0 Å². The maximum Gasteiger partial charge on any atom is 0.240 e. The van der Waals surface area contributed by atoms with Crippen LogP contribution in [0.5, 0.6) is 0 Å². The van der Waals surface area contributed by atoms with Gasteiger partial charge in [0.15, 0.2) is 0 Å². The molecule has 0 amide bonds. The molecule has 106 valence electrons. The third kappa shape index (κ3) is 3.69. The van der Waals surface area contributed by atoms with E-state index in [1.165, 1.54) is 0 Å². The number of aryl methyl sites for hydroxylation is 2. The zero-order valence-corrected chi connectivity index (χ0v) is 13.8. The fraction of sp³-hybridized carbons (Fsp3) is 0.200. The normalized spacial score (nSPS) is 11.6. The minimum absolute atomic E-state index is 0.283. The predicted molar refractivity (Wildman–Crippen MR) is 84.1 cm³/mol. The molecule has 0 aromatic heterocycles. The maximum absolute atomic E-state index is 12.2. The lowest BCUT2D eigenvalue weighted by atomic mass is 10.2. The van der Waals surface area contributed by atoms with Crippen LogP contribution in [-0.2, 0) is 16.6 Å². The summed E-state index contributed by atoms with van der Waals surface area (Å²) >= 11 is 3.36. The van der Waals surface area contributed by atoms with E-state index in [4.69, 9.17) is 0 Å². The molecule has 0 aliphatic carbocycles. The molecule has 0 unspecified atom stereocenters. The maximum atomic E-state index is 12.2. The molecule has 0 saturated heterocycles. The van der Waals surface area contributed by atoms with E-state index in [1.54, 1.807) is 18.2 Å². The Morgan fingerprint density at radius 2 is 1.70 bits per heavy atom. The van der Waals surface area contributed by atoms with E-state index in [-0.39, 0.29) is 11.4 Å². The van der Waals surface area contributed by atoms with Gasteiger partial charge in [-0.25, -0.2) is 13.1 Å². The van der Waals surface area contributed by atoms with Crippen LogP contribution in [0, 0.1) is 13.8 Å². The smallest absolute Gasteiger partial charge is 0.207 e. The van der Waals surface area contributed by atoms with Gasteiger partial charge in [0.05, 0.1) is 4.90 Å². The zero-order chi connectivity index (χ0) is 14.8. The zero-order valence-electron chi connectivity index (χ0n) is 11.4. The van der Waals surface area contributed by atoms with Crippen molar-refractivity contribution >= 4 is 26.0 Å². The summed E-state index contributed by atoms with van der Waals surface area (Å²) in [5.74, 6) is 0. The number of sulfonamides is 1. The highest BCUT2D eigenvalue weighted by Gasteiger charge is 2.14. The molecular weight excluding hydrogens is 338 g/mol. The Labute approximate surface area is 128 Å². The Kier molecular flexibility index (Phi) is 4.62. The number of hydrogen-bond acceptors (Lipinski definition) is 2. The Morgan fingerprint density at radius 3 is 2.30 bits per heavy atom. The average Bonchev–Trinajstić information content (AvgIpc) is 2.41. The minimum atomic E-state index is -3.48. The summed E-state index contributed by atoms with van der Waals surface area (Å²) in [6, 6.07) is 12.8. The highest BCUT2D eigenvalue weighted by atomic mass is 79.9. The average molecular weight is 354 g/mol. The monoisotopic (exact) mass is 353 g/mol. The molecule has 2 aromatic rings. The van der Waals surface area contributed by atoms with Crippen LogP contribution in [0.3, 0.4) is 0 Å². The summed E-state index contributed by atoms with van der Waals surface area (Å²) in [5.41, 5.74) is 2.98. The Morgan fingerprint density at radius 1 is 1.05 bits per heavy atom. The molecule has 0 aliphatic heterocycles. The van der Waals surface area contributed by atoms with E-state index in [0.29, 0.717) is 0 Å². The summed E-state index contributed by atoms with van der Waals surface area (Å²) < 4.78 is 27.9. The van der Waals surface area contributed by atoms with Gasteiger partial charge in [-0.05, 0) is 43.2 Å². The third-order valence-electron chi connectivity index (χ3n) is 3.03. The van der Waals surface area contributed by atoms with E-state index >= 15 is 0 Å². The lowest BCUT2D eigenvalue weighted by molar-refractivity contribution is 0.581. The first kappa shape index (κ1) is 15.2. The van der Waals surface area contributed by atoms with Gasteiger partial charge in [-0.15, -0.1) is 0 Å². The summed E-state index contributed by atoms with van der Waals surface area (Å²) in [7, 11) is -3.48. The van der Waals surface area contributed by atoms with E-state index in [1.807, 2.05) is 38.1 Å². The first-order valence-electron chi connectivity index (χ1n) is 6.20. The number of rotatable bonds is 4. The number of hydrogen-bond donors (Lipinski definition) is 1. The van der Waals surface area contributed by atoms with Crippen molar-refractivity contribution in [2.24, 2.45) is 0 Å². The second-order valence-corrected chi connectivity index (χ2v) is 7.34. The summed E-state index contributed by atoms with van der Waals surface area (Å²) in [6.45, 7) is 4.15. The van der Waals surface area contributed by atoms with Gasteiger partial charge < -0.3 is 0 Å². The molecule has 0 fully saturated rings. The van der Waals surface area contributed by atoms with Gasteiger partial charge >= 0.3 is 0 Å². The van der Waals surface area contributed by atoms with Crippen molar-refractivity contribution in [1.82, 2.24) is 4.72 Å². The van der Waals surface area contributed by atoms with Crippen molar-refractivity contribution in [2.45, 2.75) is 25.3 Å². The summed E-state index contributed by atoms with van der Waals surface area (Å²) in [6.07, 6.45) is 0. The largest absolute Gasteiger partial charge is 0.240 e. The molecule has 2 aromatic carbocycles. The topological polar surface area (TPSA) is 46.2 Å². The van der Waals surface area contributed by atoms with Gasteiger partial charge in [-0.3, -0.25) is 0 Å². The van der Waals surface area contributed by atoms with E-state index < -0.39 is 10.0 Å². The molecule has 0 aliphatic rings. The molecule has 1 N–H and O–H groups in total. The van der Waals surface area contributed by atoms with Crippen LogP contribution in [0.4, 0.5) is 0 Å². The van der Waals surface area contributed by atoms with Gasteiger partial charge in [0, 0.05) is 11.0 Å². The van der Waals surface area contributed by atoms with E-state index in [9.17, 15) is 8.42 Å². The minimum Gasteiger partial charge on any atom is -0.207 e. The van der Waals surface area contributed by atoms with Crippen molar-refractivity contribution in [3.05, 3.63) is 63.6 Å². The molecule has 0 radical (unpaired) electrons. The lowest BCUT2D eigenvalue weighted by Crippen LogP contribution is -2.23. The van der Waals surface area contributed by atoms with Crippen LogP contribution < -0.4 is 4.72 Å². The second-order valence-electron chi connectivity index (χ2n) is 4.72. The van der Waals surface area contributed by atoms with E-state index in [2.05, 4.69) is 20.7 Å². The van der Waals surface area contributed by atoms with Crippen LogP contribution in [0.2, 0.25) is 0 Å². The number of halogens is 1. The van der Waals surface area contributed by atoms with Crippen LogP contribution >= 0.6 is 15.9 Å². The van der Waals surface area contributed by atoms with E-state index in [0.717, 1.165) is 21.2 Å². The SMILES string of the molecule is Cc1ccc(CNS(=O)(=O)c2ccc(Br)c(C)c2)cc1. The molecule has 0 bridgehead atoms. The Bertz CT molecular complexity index is 709. The van der Waals surface area contributed by atoms with Crippen molar-refractivity contribution in [1.29, 1.82) is 0 Å². The van der Waals surface area contributed by atoms with Gasteiger partial charge in [0.2, 0.25) is 10.0 Å². The van der Waals surface area contributed by atoms with Crippen LogP contribution in [0.1, 0.15) is 16.7 Å². The van der Waals surface area contributed by atoms with Gasteiger partial charge in [0.1, 0.15) is 0 Å². The summed E-state index contributed by atoms with van der Waals surface area (Å²) in [5, 5.41) is 0. The molecular formula is C15H16BrNO2S. The first-order chi connectivity index (χ1) is 9.38. The Hall–Kier alpha value is -1.17. The Balaban J connectivity index is 2.14. The molecule has 0 spiro atoms. The number of benzene rings is 2. The molecule has 0 atom stereocenters. The highest BCUT2D eigenvalue weighted by molar-refractivity contribution is 9.10. The highest BCUT2D eigenvalue weighted by Crippen LogP contribution is 2.20. The molecule has 5 heteroatoms. The van der Waals surface area contributed by atoms with Crippen molar-refractivity contribution in [3.63, 3.8) is 0 Å². The summed E-state index contributed by atoms with van der Waals surface area (Å²) in [4.78, 5) is 0.283. The molecule has 3 nitrogen and oxygen atoms in total. The third-order valence-corrected chi connectivity index (χ3v) is 5.32. The molecule has 20 heavy (non-hydrogen) atoms. The van der Waals surface area contributed by atoms with Crippen LogP contribution in [0.15, 0.2) is 51.8 Å². The predicted octanol–water partition coefficient (Wildman–Crippen LogP) is 3.54. The number of nitrogens with one attached hydrogen (secondary N) is 1. The first-order valence-corrected chi connectivity index (χ1v) is 8.47. The van der Waals surface area contributed by atoms with Crippen molar-refractivity contribution in [3.8, 4) is 0 Å². The molecule has 2 rings (SSSR count). The quantitative estimate of drug-likeness (QED) is 0.913. The standard InChI is InChI=1S/C15H16BrNO2S/c1-11-3-5-13(6-4-11)10-17-20(18,19)14-7-8-15(16)12(2)9-14/h3-9,17H,10H2,1-2H3. The molecule has 0 saturated carbocycles.